The lowest BCUT2D eigenvalue weighted by atomic mass is 10.1. The van der Waals surface area contributed by atoms with Gasteiger partial charge in [0.15, 0.2) is 0 Å². The van der Waals surface area contributed by atoms with Gasteiger partial charge in [0.25, 0.3) is 10.2 Å². The van der Waals surface area contributed by atoms with Crippen LogP contribution in [0.25, 0.3) is 0 Å². The van der Waals surface area contributed by atoms with E-state index in [0.29, 0.717) is 13.1 Å². The van der Waals surface area contributed by atoms with Gasteiger partial charge in [-0.15, -0.1) is 0 Å². The molecule has 19 heavy (non-hydrogen) atoms. The van der Waals surface area contributed by atoms with Crippen LogP contribution in [0.4, 0.5) is 0 Å². The third-order valence-electron chi connectivity index (χ3n) is 2.64. The average Bonchev–Trinajstić information content (AvgIpc) is 2.38. The number of halogens is 1. The van der Waals surface area contributed by atoms with Gasteiger partial charge in [-0.2, -0.15) is 8.42 Å². The van der Waals surface area contributed by atoms with Crippen LogP contribution in [-0.4, -0.2) is 21.5 Å². The standard InChI is InChI=1S/C13H21ClN2O2S/c1-2-10-15-19(17,18)16-11-4-3-5-12-6-8-13(14)9-7-12/h6-9,15-16H,2-5,10-11H2,1H3. The number of benzene rings is 1. The molecule has 0 saturated heterocycles. The smallest absolute Gasteiger partial charge is 0.202 e. The molecule has 0 fully saturated rings. The van der Waals surface area contributed by atoms with Crippen molar-refractivity contribution in [2.45, 2.75) is 32.6 Å². The van der Waals surface area contributed by atoms with E-state index in [0.717, 1.165) is 30.7 Å². The van der Waals surface area contributed by atoms with Gasteiger partial charge in [0, 0.05) is 18.1 Å². The molecule has 0 spiro atoms. The van der Waals surface area contributed by atoms with Crippen LogP contribution >= 0.6 is 11.6 Å². The average molecular weight is 305 g/mol. The zero-order chi connectivity index (χ0) is 14.1. The molecule has 6 heteroatoms. The molecule has 1 aromatic carbocycles. The van der Waals surface area contributed by atoms with E-state index in [1.165, 1.54) is 5.56 Å². The third kappa shape index (κ3) is 7.52. The Morgan fingerprint density at radius 2 is 1.68 bits per heavy atom. The summed E-state index contributed by atoms with van der Waals surface area (Å²) in [6, 6.07) is 7.73. The zero-order valence-corrected chi connectivity index (χ0v) is 12.7. The molecule has 1 rings (SSSR count). The summed E-state index contributed by atoms with van der Waals surface area (Å²) < 4.78 is 27.8. The van der Waals surface area contributed by atoms with E-state index >= 15 is 0 Å². The van der Waals surface area contributed by atoms with Gasteiger partial charge in [0.1, 0.15) is 0 Å². The Kier molecular flexibility index (Phi) is 7.38. The summed E-state index contributed by atoms with van der Waals surface area (Å²) in [6.07, 6.45) is 3.48. The lowest BCUT2D eigenvalue weighted by molar-refractivity contribution is 0.561. The van der Waals surface area contributed by atoms with Crippen LogP contribution < -0.4 is 9.44 Å². The van der Waals surface area contributed by atoms with Gasteiger partial charge in [-0.3, -0.25) is 0 Å². The van der Waals surface area contributed by atoms with E-state index in [1.807, 2.05) is 31.2 Å². The maximum atomic E-state index is 11.4. The number of hydrogen-bond donors (Lipinski definition) is 2. The molecule has 108 valence electrons. The quantitative estimate of drug-likeness (QED) is 0.689. The van der Waals surface area contributed by atoms with E-state index in [2.05, 4.69) is 9.44 Å². The molecule has 0 atom stereocenters. The van der Waals surface area contributed by atoms with Crippen LogP contribution in [0.3, 0.4) is 0 Å². The SMILES string of the molecule is CCCNS(=O)(=O)NCCCCc1ccc(Cl)cc1. The Labute approximate surface area is 120 Å². The first-order chi connectivity index (χ1) is 9.03. The Morgan fingerprint density at radius 3 is 2.32 bits per heavy atom. The maximum Gasteiger partial charge on any atom is 0.276 e. The first-order valence-corrected chi connectivity index (χ1v) is 8.38. The lowest BCUT2D eigenvalue weighted by Gasteiger charge is -2.07. The fraction of sp³-hybridized carbons (Fsp3) is 0.538. The van der Waals surface area contributed by atoms with Crippen LogP contribution in [-0.2, 0) is 16.6 Å². The van der Waals surface area contributed by atoms with Crippen molar-refractivity contribution in [3.63, 3.8) is 0 Å². The van der Waals surface area contributed by atoms with Crippen molar-refractivity contribution in [3.8, 4) is 0 Å². The fourth-order valence-corrected chi connectivity index (χ4v) is 2.71. The van der Waals surface area contributed by atoms with Crippen LogP contribution in [0.1, 0.15) is 31.7 Å². The molecule has 4 nitrogen and oxygen atoms in total. The van der Waals surface area contributed by atoms with Gasteiger partial charge in [0.05, 0.1) is 0 Å². The summed E-state index contributed by atoms with van der Waals surface area (Å²) in [6.45, 7) is 2.86. The van der Waals surface area contributed by atoms with Gasteiger partial charge in [-0.05, 0) is 43.4 Å². The molecule has 0 saturated carbocycles. The summed E-state index contributed by atoms with van der Waals surface area (Å²) in [5, 5.41) is 0.735. The highest BCUT2D eigenvalue weighted by atomic mass is 35.5. The van der Waals surface area contributed by atoms with Crippen LogP contribution in [0.5, 0.6) is 0 Å². The van der Waals surface area contributed by atoms with Crippen molar-refractivity contribution < 1.29 is 8.42 Å². The molecule has 0 aromatic heterocycles. The molecule has 0 aliphatic heterocycles. The molecular formula is C13H21ClN2O2S. The number of aryl methyl sites for hydroxylation is 1. The largest absolute Gasteiger partial charge is 0.276 e. The third-order valence-corrected chi connectivity index (χ3v) is 4.06. The maximum absolute atomic E-state index is 11.4. The van der Waals surface area contributed by atoms with Crippen LogP contribution in [0.15, 0.2) is 24.3 Å². The molecule has 0 radical (unpaired) electrons. The number of nitrogens with one attached hydrogen (secondary N) is 2. The van der Waals surface area contributed by atoms with E-state index in [1.54, 1.807) is 0 Å². The summed E-state index contributed by atoms with van der Waals surface area (Å²) in [4.78, 5) is 0. The first-order valence-electron chi connectivity index (χ1n) is 6.52. The van der Waals surface area contributed by atoms with E-state index in [4.69, 9.17) is 11.6 Å². The monoisotopic (exact) mass is 304 g/mol. The van der Waals surface area contributed by atoms with E-state index in [-0.39, 0.29) is 0 Å². The zero-order valence-electron chi connectivity index (χ0n) is 11.2. The highest BCUT2D eigenvalue weighted by Gasteiger charge is 2.06. The number of hydrogen-bond acceptors (Lipinski definition) is 2. The lowest BCUT2D eigenvalue weighted by Crippen LogP contribution is -2.37. The molecule has 0 unspecified atom stereocenters. The Bertz CT molecular complexity index is 460. The fourth-order valence-electron chi connectivity index (χ4n) is 1.60. The molecule has 0 amide bonds. The molecule has 0 heterocycles. The minimum Gasteiger partial charge on any atom is -0.202 e. The Hall–Kier alpha value is -0.620. The van der Waals surface area contributed by atoms with Crippen molar-refractivity contribution >= 4 is 21.8 Å². The van der Waals surface area contributed by atoms with Crippen LogP contribution in [0, 0.1) is 0 Å². The Balaban J connectivity index is 2.16. The summed E-state index contributed by atoms with van der Waals surface area (Å²) in [5.74, 6) is 0. The minimum atomic E-state index is -3.31. The summed E-state index contributed by atoms with van der Waals surface area (Å²) in [5.41, 5.74) is 1.22. The second-order valence-electron chi connectivity index (χ2n) is 4.38. The summed E-state index contributed by atoms with van der Waals surface area (Å²) in [7, 11) is -3.31. The van der Waals surface area contributed by atoms with Gasteiger partial charge in [0.2, 0.25) is 0 Å². The number of unbranched alkanes of at least 4 members (excludes halogenated alkanes) is 1. The van der Waals surface area contributed by atoms with Crippen molar-refractivity contribution in [2.24, 2.45) is 0 Å². The van der Waals surface area contributed by atoms with Gasteiger partial charge < -0.3 is 0 Å². The van der Waals surface area contributed by atoms with E-state index in [9.17, 15) is 8.42 Å². The topological polar surface area (TPSA) is 58.2 Å². The van der Waals surface area contributed by atoms with Crippen molar-refractivity contribution in [1.29, 1.82) is 0 Å². The predicted molar refractivity (Wildman–Crippen MR) is 79.6 cm³/mol. The molecule has 2 N–H and O–H groups in total. The van der Waals surface area contributed by atoms with Gasteiger partial charge in [-0.1, -0.05) is 30.7 Å². The molecule has 0 aliphatic rings. The summed E-state index contributed by atoms with van der Waals surface area (Å²) >= 11 is 5.80. The highest BCUT2D eigenvalue weighted by molar-refractivity contribution is 7.87. The van der Waals surface area contributed by atoms with Crippen molar-refractivity contribution in [2.75, 3.05) is 13.1 Å². The highest BCUT2D eigenvalue weighted by Crippen LogP contribution is 2.11. The predicted octanol–water partition coefficient (Wildman–Crippen LogP) is 2.50. The molecular weight excluding hydrogens is 284 g/mol. The van der Waals surface area contributed by atoms with Crippen LogP contribution in [0.2, 0.25) is 5.02 Å². The first kappa shape index (κ1) is 16.4. The molecule has 0 aliphatic carbocycles. The second kappa shape index (κ2) is 8.53. The van der Waals surface area contributed by atoms with E-state index < -0.39 is 10.2 Å². The normalized spacial score (nSPS) is 11.7. The minimum absolute atomic E-state index is 0.465. The molecule has 0 bridgehead atoms. The van der Waals surface area contributed by atoms with Gasteiger partial charge in [-0.25, -0.2) is 9.44 Å². The van der Waals surface area contributed by atoms with Crippen molar-refractivity contribution in [1.82, 2.24) is 9.44 Å². The molecule has 1 aromatic rings. The van der Waals surface area contributed by atoms with Crippen molar-refractivity contribution in [3.05, 3.63) is 34.9 Å². The number of rotatable bonds is 9. The Morgan fingerprint density at radius 1 is 1.05 bits per heavy atom. The van der Waals surface area contributed by atoms with Gasteiger partial charge >= 0.3 is 0 Å². The second-order valence-corrected chi connectivity index (χ2v) is 6.40.